The molecular weight excluding hydrogens is 244 g/mol. The van der Waals surface area contributed by atoms with Gasteiger partial charge in [-0.15, -0.1) is 0 Å². The summed E-state index contributed by atoms with van der Waals surface area (Å²) in [6.45, 7) is -2.80. The van der Waals surface area contributed by atoms with Gasteiger partial charge in [-0.3, -0.25) is 4.99 Å². The fourth-order valence-electron chi connectivity index (χ4n) is 1.21. The third kappa shape index (κ3) is 3.64. The maximum absolute atomic E-state index is 11.9. The van der Waals surface area contributed by atoms with Crippen LogP contribution < -0.4 is 4.74 Å². The molecular formula is C12H9F2NOS. The molecule has 0 amide bonds. The van der Waals surface area contributed by atoms with E-state index in [-0.39, 0.29) is 5.75 Å². The zero-order valence-corrected chi connectivity index (χ0v) is 9.53. The van der Waals surface area contributed by atoms with Gasteiger partial charge < -0.3 is 4.74 Å². The predicted molar refractivity (Wildman–Crippen MR) is 64.6 cm³/mol. The highest BCUT2D eigenvalue weighted by Gasteiger charge is 2.02. The van der Waals surface area contributed by atoms with Crippen LogP contribution in [-0.2, 0) is 0 Å². The fourth-order valence-corrected chi connectivity index (χ4v) is 1.82. The minimum absolute atomic E-state index is 0.134. The van der Waals surface area contributed by atoms with Crippen molar-refractivity contribution in [3.8, 4) is 5.75 Å². The molecule has 0 unspecified atom stereocenters. The number of nitrogens with zero attached hydrogens (tertiary/aromatic N) is 1. The Bertz CT molecular complexity index is 480. The Morgan fingerprint density at radius 3 is 2.53 bits per heavy atom. The quantitative estimate of drug-likeness (QED) is 0.752. The second kappa shape index (κ2) is 5.54. The first-order chi connectivity index (χ1) is 8.24. The van der Waals surface area contributed by atoms with Crippen LogP contribution in [0.3, 0.4) is 0 Å². The Labute approximate surface area is 101 Å². The van der Waals surface area contributed by atoms with Gasteiger partial charge >= 0.3 is 6.61 Å². The minimum Gasteiger partial charge on any atom is -0.435 e. The number of thiophene rings is 1. The summed E-state index contributed by atoms with van der Waals surface area (Å²) in [6.07, 6.45) is 1.72. The smallest absolute Gasteiger partial charge is 0.387 e. The predicted octanol–water partition coefficient (Wildman–Crippen LogP) is 4.10. The number of hydrogen-bond donors (Lipinski definition) is 0. The van der Waals surface area contributed by atoms with Crippen molar-refractivity contribution in [3.63, 3.8) is 0 Å². The Morgan fingerprint density at radius 1 is 1.18 bits per heavy atom. The summed E-state index contributed by atoms with van der Waals surface area (Å²) >= 11 is 1.59. The molecule has 0 aliphatic carbocycles. The first kappa shape index (κ1) is 11.7. The summed E-state index contributed by atoms with van der Waals surface area (Å²) in [5.74, 6) is 0.134. The van der Waals surface area contributed by atoms with Gasteiger partial charge in [0, 0.05) is 11.8 Å². The molecule has 0 saturated heterocycles. The van der Waals surface area contributed by atoms with Crippen molar-refractivity contribution in [2.45, 2.75) is 6.61 Å². The molecule has 0 fully saturated rings. The number of halogens is 2. The molecule has 0 aliphatic rings. The third-order valence-electron chi connectivity index (χ3n) is 1.97. The van der Waals surface area contributed by atoms with Crippen molar-refractivity contribution in [3.05, 3.63) is 46.7 Å². The second-order valence-corrected chi connectivity index (χ2v) is 3.97. The Hall–Kier alpha value is -1.75. The zero-order chi connectivity index (χ0) is 12.1. The first-order valence-electron chi connectivity index (χ1n) is 4.85. The molecule has 5 heteroatoms. The van der Waals surface area contributed by atoms with E-state index >= 15 is 0 Å². The van der Waals surface area contributed by atoms with Crippen molar-refractivity contribution in [1.29, 1.82) is 0 Å². The Kier molecular flexibility index (Phi) is 3.82. The summed E-state index contributed by atoms with van der Waals surface area (Å²) < 4.78 is 28.0. The van der Waals surface area contributed by atoms with Crippen molar-refractivity contribution < 1.29 is 13.5 Å². The summed E-state index contributed by atoms with van der Waals surface area (Å²) in [7, 11) is 0. The molecule has 2 rings (SSSR count). The lowest BCUT2D eigenvalue weighted by Crippen LogP contribution is -2.01. The van der Waals surface area contributed by atoms with Gasteiger partial charge in [-0.25, -0.2) is 0 Å². The molecule has 0 saturated carbocycles. The molecule has 0 N–H and O–H groups in total. The molecule has 17 heavy (non-hydrogen) atoms. The van der Waals surface area contributed by atoms with Crippen LogP contribution in [0.1, 0.15) is 5.56 Å². The Morgan fingerprint density at radius 2 is 1.94 bits per heavy atom. The number of alkyl halides is 2. The summed E-state index contributed by atoms with van der Waals surface area (Å²) in [5.41, 5.74) is 1.71. The van der Waals surface area contributed by atoms with Gasteiger partial charge in [0.2, 0.25) is 0 Å². The van der Waals surface area contributed by atoms with Crippen molar-refractivity contribution in [1.82, 2.24) is 0 Å². The van der Waals surface area contributed by atoms with E-state index in [1.54, 1.807) is 29.7 Å². The maximum Gasteiger partial charge on any atom is 0.387 e. The van der Waals surface area contributed by atoms with Crippen LogP contribution in [0.25, 0.3) is 0 Å². The lowest BCUT2D eigenvalue weighted by Gasteiger charge is -2.03. The highest BCUT2D eigenvalue weighted by atomic mass is 32.1. The molecule has 0 aliphatic heterocycles. The van der Waals surface area contributed by atoms with Crippen molar-refractivity contribution >= 4 is 23.2 Å². The van der Waals surface area contributed by atoms with Crippen LogP contribution in [0.15, 0.2) is 46.1 Å². The number of rotatable bonds is 4. The van der Waals surface area contributed by atoms with E-state index in [0.29, 0.717) is 5.69 Å². The first-order valence-corrected chi connectivity index (χ1v) is 5.79. The van der Waals surface area contributed by atoms with E-state index < -0.39 is 6.61 Å². The highest BCUT2D eigenvalue weighted by Crippen LogP contribution is 2.19. The molecule has 1 heterocycles. The van der Waals surface area contributed by atoms with Crippen LogP contribution in [-0.4, -0.2) is 12.8 Å². The molecule has 1 aromatic carbocycles. The maximum atomic E-state index is 11.9. The van der Waals surface area contributed by atoms with Gasteiger partial charge in [0.05, 0.1) is 5.69 Å². The van der Waals surface area contributed by atoms with E-state index in [1.165, 1.54) is 12.1 Å². The zero-order valence-electron chi connectivity index (χ0n) is 8.72. The van der Waals surface area contributed by atoms with Gasteiger partial charge in [0.15, 0.2) is 0 Å². The van der Waals surface area contributed by atoms with E-state index in [9.17, 15) is 8.78 Å². The van der Waals surface area contributed by atoms with Crippen LogP contribution in [0.5, 0.6) is 5.75 Å². The monoisotopic (exact) mass is 253 g/mol. The van der Waals surface area contributed by atoms with Crippen LogP contribution in [0.2, 0.25) is 0 Å². The average Bonchev–Trinajstić information content (AvgIpc) is 2.80. The standard InChI is InChI=1S/C12H9F2NOS/c13-12(14)16-11-3-1-10(2-4-11)15-7-9-5-6-17-8-9/h1-8,12H. The molecule has 2 nitrogen and oxygen atoms in total. The largest absolute Gasteiger partial charge is 0.435 e. The normalized spacial score (nSPS) is 11.2. The average molecular weight is 253 g/mol. The summed E-state index contributed by atoms with van der Waals surface area (Å²) in [4.78, 5) is 4.21. The van der Waals surface area contributed by atoms with E-state index in [4.69, 9.17) is 0 Å². The van der Waals surface area contributed by atoms with Gasteiger partial charge in [-0.05, 0) is 41.1 Å². The molecule has 1 aromatic heterocycles. The Balaban J connectivity index is 2.03. The summed E-state index contributed by atoms with van der Waals surface area (Å²) in [6, 6.07) is 8.13. The lowest BCUT2D eigenvalue weighted by molar-refractivity contribution is -0.0498. The number of hydrogen-bond acceptors (Lipinski definition) is 3. The van der Waals surface area contributed by atoms with E-state index in [2.05, 4.69) is 9.73 Å². The van der Waals surface area contributed by atoms with E-state index in [1.807, 2.05) is 16.8 Å². The summed E-state index contributed by atoms with van der Waals surface area (Å²) in [5, 5.41) is 3.93. The van der Waals surface area contributed by atoms with Gasteiger partial charge in [0.25, 0.3) is 0 Å². The highest BCUT2D eigenvalue weighted by molar-refractivity contribution is 7.08. The topological polar surface area (TPSA) is 21.6 Å². The van der Waals surface area contributed by atoms with E-state index in [0.717, 1.165) is 5.56 Å². The third-order valence-corrected chi connectivity index (χ3v) is 2.67. The minimum atomic E-state index is -2.80. The number of benzene rings is 1. The molecule has 2 aromatic rings. The van der Waals surface area contributed by atoms with Crippen LogP contribution in [0.4, 0.5) is 14.5 Å². The van der Waals surface area contributed by atoms with Gasteiger partial charge in [0.1, 0.15) is 5.75 Å². The van der Waals surface area contributed by atoms with Crippen LogP contribution in [0, 0.1) is 0 Å². The molecule has 0 atom stereocenters. The van der Waals surface area contributed by atoms with Crippen LogP contribution >= 0.6 is 11.3 Å². The molecule has 0 bridgehead atoms. The van der Waals surface area contributed by atoms with Crippen molar-refractivity contribution in [2.75, 3.05) is 0 Å². The van der Waals surface area contributed by atoms with Crippen molar-refractivity contribution in [2.24, 2.45) is 4.99 Å². The molecule has 0 radical (unpaired) electrons. The fraction of sp³-hybridized carbons (Fsp3) is 0.0833. The number of ether oxygens (including phenoxy) is 1. The molecule has 0 spiro atoms. The van der Waals surface area contributed by atoms with Gasteiger partial charge in [-0.2, -0.15) is 20.1 Å². The second-order valence-electron chi connectivity index (χ2n) is 3.19. The lowest BCUT2D eigenvalue weighted by atomic mass is 10.3. The SMILES string of the molecule is FC(F)Oc1ccc(N=Cc2ccsc2)cc1. The molecule has 88 valence electrons. The number of aliphatic imine (C=N–C) groups is 1. The van der Waals surface area contributed by atoms with Gasteiger partial charge in [-0.1, -0.05) is 0 Å².